The minimum Gasteiger partial charge on any atom is -0.465 e. The van der Waals surface area contributed by atoms with Crippen molar-refractivity contribution in [1.82, 2.24) is 0 Å². The molecule has 2 heterocycles. The van der Waals surface area contributed by atoms with Crippen LogP contribution in [-0.4, -0.2) is 38.9 Å². The van der Waals surface area contributed by atoms with Gasteiger partial charge in [0, 0.05) is 56.0 Å². The van der Waals surface area contributed by atoms with E-state index >= 15 is 0 Å². The van der Waals surface area contributed by atoms with Gasteiger partial charge in [-0.05, 0) is 67.6 Å². The van der Waals surface area contributed by atoms with Gasteiger partial charge in [-0.2, -0.15) is 0 Å². The highest BCUT2D eigenvalue weighted by Crippen LogP contribution is 2.36. The molecule has 2 N–H and O–H groups in total. The van der Waals surface area contributed by atoms with Crippen molar-refractivity contribution in [2.45, 2.75) is 45.8 Å². The smallest absolute Gasteiger partial charge is 0.338 e. The first-order valence-corrected chi connectivity index (χ1v) is 10.7. The Hall–Kier alpha value is -2.73. The van der Waals surface area contributed by atoms with Crippen LogP contribution in [0.4, 0.5) is 17.1 Å². The van der Waals surface area contributed by atoms with Gasteiger partial charge in [-0.1, -0.05) is 6.07 Å². The summed E-state index contributed by atoms with van der Waals surface area (Å²) in [6, 6.07) is 10.7. The molecular weight excluding hydrogens is 378 g/mol. The zero-order chi connectivity index (χ0) is 21.3. The average molecular weight is 410 g/mol. The fourth-order valence-corrected chi connectivity index (χ4v) is 4.71. The van der Waals surface area contributed by atoms with Crippen molar-refractivity contribution in [3.8, 4) is 0 Å². The van der Waals surface area contributed by atoms with E-state index in [9.17, 15) is 4.79 Å². The van der Waals surface area contributed by atoms with Gasteiger partial charge in [0.15, 0.2) is 0 Å². The number of fused-ring (bicyclic) bond motifs is 1. The maximum Gasteiger partial charge on any atom is 0.338 e. The molecule has 6 heteroatoms. The molecule has 4 rings (SSSR count). The lowest BCUT2D eigenvalue weighted by Crippen LogP contribution is -2.40. The molecule has 2 aromatic carbocycles. The molecule has 0 aliphatic carbocycles. The van der Waals surface area contributed by atoms with Crippen molar-refractivity contribution >= 4 is 23.0 Å². The molecule has 0 bridgehead atoms. The van der Waals surface area contributed by atoms with Crippen LogP contribution in [0.25, 0.3) is 0 Å². The van der Waals surface area contributed by atoms with Crippen LogP contribution in [0.2, 0.25) is 0 Å². The molecule has 2 aliphatic heterocycles. The van der Waals surface area contributed by atoms with E-state index in [0.717, 1.165) is 68.3 Å². The monoisotopic (exact) mass is 409 g/mol. The normalized spacial score (nSPS) is 16.4. The van der Waals surface area contributed by atoms with Gasteiger partial charge in [0.2, 0.25) is 0 Å². The van der Waals surface area contributed by atoms with E-state index in [1.807, 2.05) is 25.1 Å². The summed E-state index contributed by atoms with van der Waals surface area (Å²) in [5.41, 5.74) is 13.0. The number of nitrogens with two attached hydrogens (primary N) is 1. The van der Waals surface area contributed by atoms with Crippen LogP contribution in [0.5, 0.6) is 0 Å². The molecular formula is C24H31N3O3. The number of hydrogen-bond donors (Lipinski definition) is 1. The van der Waals surface area contributed by atoms with E-state index in [2.05, 4.69) is 28.9 Å². The first-order valence-electron chi connectivity index (χ1n) is 10.7. The van der Waals surface area contributed by atoms with E-state index in [-0.39, 0.29) is 5.97 Å². The largest absolute Gasteiger partial charge is 0.465 e. The van der Waals surface area contributed by atoms with Gasteiger partial charge >= 0.3 is 5.97 Å². The van der Waals surface area contributed by atoms with E-state index in [1.165, 1.54) is 18.2 Å². The van der Waals surface area contributed by atoms with Crippen LogP contribution < -0.4 is 15.5 Å². The van der Waals surface area contributed by atoms with Crippen LogP contribution >= 0.6 is 0 Å². The van der Waals surface area contributed by atoms with Crippen molar-refractivity contribution in [3.05, 3.63) is 52.6 Å². The Labute approximate surface area is 178 Å². The lowest BCUT2D eigenvalue weighted by atomic mass is 10.00. The molecule has 1 saturated heterocycles. The van der Waals surface area contributed by atoms with Crippen LogP contribution in [0, 0.1) is 6.92 Å². The molecule has 0 amide bonds. The summed E-state index contributed by atoms with van der Waals surface area (Å²) >= 11 is 0. The number of rotatable bonds is 5. The van der Waals surface area contributed by atoms with Crippen LogP contribution in [0.1, 0.15) is 46.8 Å². The minimum absolute atomic E-state index is 0.292. The Morgan fingerprint density at radius 1 is 1.20 bits per heavy atom. The fourth-order valence-electron chi connectivity index (χ4n) is 4.71. The van der Waals surface area contributed by atoms with Crippen LogP contribution in [0.3, 0.4) is 0 Å². The minimum atomic E-state index is -0.292. The van der Waals surface area contributed by atoms with Gasteiger partial charge in [-0.15, -0.1) is 0 Å². The van der Waals surface area contributed by atoms with E-state index in [4.69, 9.17) is 15.2 Å². The Morgan fingerprint density at radius 3 is 2.63 bits per heavy atom. The third-order valence-corrected chi connectivity index (χ3v) is 6.37. The number of benzene rings is 2. The van der Waals surface area contributed by atoms with Crippen molar-refractivity contribution in [3.63, 3.8) is 0 Å². The van der Waals surface area contributed by atoms with Crippen molar-refractivity contribution in [2.24, 2.45) is 0 Å². The summed E-state index contributed by atoms with van der Waals surface area (Å²) in [6.07, 6.45) is 2.00. The standard InChI is InChI=1S/C24H31N3O3/c1-4-27(20-7-9-30-10-8-20)23-13-21(12-22(16(23)2)24(28)29-3)26-14-17-5-6-19(25)11-18(17)15-26/h5-6,11-13,20H,4,7-10,14-15,25H2,1-3H3. The second-order valence-corrected chi connectivity index (χ2v) is 8.14. The maximum atomic E-state index is 12.6. The Kier molecular flexibility index (Phi) is 5.86. The summed E-state index contributed by atoms with van der Waals surface area (Å²) < 4.78 is 10.7. The SMILES string of the molecule is CCN(c1cc(N2Cc3ccc(N)cc3C2)cc(C(=O)OC)c1C)C1CCOCC1. The van der Waals surface area contributed by atoms with Gasteiger partial charge < -0.3 is 25.0 Å². The number of methoxy groups -OCH3 is 1. The lowest BCUT2D eigenvalue weighted by Gasteiger charge is -2.37. The summed E-state index contributed by atoms with van der Waals surface area (Å²) in [7, 11) is 1.44. The van der Waals surface area contributed by atoms with E-state index in [0.29, 0.717) is 11.6 Å². The zero-order valence-corrected chi connectivity index (χ0v) is 18.1. The third kappa shape index (κ3) is 3.84. The van der Waals surface area contributed by atoms with Gasteiger partial charge in [0.05, 0.1) is 12.7 Å². The number of hydrogen-bond acceptors (Lipinski definition) is 6. The molecule has 2 aromatic rings. The molecule has 30 heavy (non-hydrogen) atoms. The van der Waals surface area contributed by atoms with E-state index < -0.39 is 0 Å². The number of carbonyl (C=O) groups excluding carboxylic acids is 1. The highest BCUT2D eigenvalue weighted by molar-refractivity contribution is 5.94. The Morgan fingerprint density at radius 2 is 1.93 bits per heavy atom. The Balaban J connectivity index is 1.74. The molecule has 0 unspecified atom stereocenters. The topological polar surface area (TPSA) is 68.0 Å². The molecule has 0 aromatic heterocycles. The van der Waals surface area contributed by atoms with Crippen molar-refractivity contribution in [1.29, 1.82) is 0 Å². The second kappa shape index (κ2) is 8.56. The highest BCUT2D eigenvalue weighted by atomic mass is 16.5. The van der Waals surface area contributed by atoms with Crippen molar-refractivity contribution in [2.75, 3.05) is 42.4 Å². The van der Waals surface area contributed by atoms with Crippen molar-refractivity contribution < 1.29 is 14.3 Å². The molecule has 0 atom stereocenters. The molecule has 6 nitrogen and oxygen atoms in total. The van der Waals surface area contributed by atoms with Gasteiger partial charge in [0.25, 0.3) is 0 Å². The summed E-state index contributed by atoms with van der Waals surface area (Å²) in [5, 5.41) is 0. The first kappa shape index (κ1) is 20.5. The molecule has 1 fully saturated rings. The molecule has 160 valence electrons. The molecule has 0 spiro atoms. The zero-order valence-electron chi connectivity index (χ0n) is 18.1. The number of nitrogens with zero attached hydrogens (tertiary/aromatic N) is 2. The predicted molar refractivity (Wildman–Crippen MR) is 120 cm³/mol. The molecule has 2 aliphatic rings. The number of nitrogen functional groups attached to an aromatic ring is 1. The lowest BCUT2D eigenvalue weighted by molar-refractivity contribution is 0.0599. The van der Waals surface area contributed by atoms with Gasteiger partial charge in [-0.3, -0.25) is 0 Å². The third-order valence-electron chi connectivity index (χ3n) is 6.37. The average Bonchev–Trinajstić information content (AvgIpc) is 3.18. The van der Waals surface area contributed by atoms with Gasteiger partial charge in [-0.25, -0.2) is 4.79 Å². The Bertz CT molecular complexity index is 938. The van der Waals surface area contributed by atoms with Crippen LogP contribution in [-0.2, 0) is 22.6 Å². The number of carbonyl (C=O) groups is 1. The second-order valence-electron chi connectivity index (χ2n) is 8.14. The summed E-state index contributed by atoms with van der Waals surface area (Å²) in [5.74, 6) is -0.292. The predicted octanol–water partition coefficient (Wildman–Crippen LogP) is 3.89. The molecule has 0 saturated carbocycles. The maximum absolute atomic E-state index is 12.6. The van der Waals surface area contributed by atoms with Gasteiger partial charge in [0.1, 0.15) is 0 Å². The molecule has 0 radical (unpaired) electrons. The van der Waals surface area contributed by atoms with Crippen LogP contribution in [0.15, 0.2) is 30.3 Å². The first-order chi connectivity index (χ1) is 14.5. The highest BCUT2D eigenvalue weighted by Gasteiger charge is 2.27. The van der Waals surface area contributed by atoms with E-state index in [1.54, 1.807) is 0 Å². The summed E-state index contributed by atoms with van der Waals surface area (Å²) in [6.45, 7) is 8.24. The number of ether oxygens (including phenoxy) is 2. The summed E-state index contributed by atoms with van der Waals surface area (Å²) in [4.78, 5) is 17.3. The quantitative estimate of drug-likeness (QED) is 0.597. The number of anilines is 3. The number of esters is 1. The fraction of sp³-hybridized carbons (Fsp3) is 0.458.